The van der Waals surface area contributed by atoms with Crippen molar-refractivity contribution in [2.45, 2.75) is 33.4 Å². The Morgan fingerprint density at radius 3 is 2.47 bits per heavy atom. The van der Waals surface area contributed by atoms with Crippen LogP contribution in [-0.2, 0) is 11.4 Å². The predicted molar refractivity (Wildman–Crippen MR) is 139 cm³/mol. The number of ether oxygens (including phenoxy) is 1. The first-order valence-electron chi connectivity index (χ1n) is 11.2. The Morgan fingerprint density at radius 2 is 1.85 bits per heavy atom. The fourth-order valence-corrected chi connectivity index (χ4v) is 4.80. The molecule has 1 amide bonds. The Bertz CT molecular complexity index is 1160. The summed E-state index contributed by atoms with van der Waals surface area (Å²) in [5, 5.41) is 9.88. The molecule has 4 rings (SSSR count). The number of hydrogen-bond donors (Lipinski definition) is 1. The molecule has 9 heteroatoms. The molecule has 0 saturated carbocycles. The smallest absolute Gasteiger partial charge is 0.254 e. The Morgan fingerprint density at radius 1 is 1.15 bits per heavy atom. The molecule has 1 aromatic heterocycles. The first-order chi connectivity index (χ1) is 16.5. The number of thiocarbonyl (C=S) groups is 1. The average Bonchev–Trinajstić information content (AvgIpc) is 3.39. The quantitative estimate of drug-likeness (QED) is 0.456. The van der Waals surface area contributed by atoms with Crippen molar-refractivity contribution in [1.82, 2.24) is 19.8 Å². The molecule has 0 aliphatic carbocycles. The molecular weight excluding hydrogens is 466 g/mol. The van der Waals surface area contributed by atoms with Gasteiger partial charge >= 0.3 is 0 Å². The molecule has 34 heavy (non-hydrogen) atoms. The molecule has 0 fully saturated rings. The number of anilines is 1. The zero-order valence-corrected chi connectivity index (χ0v) is 21.0. The Hall–Kier alpha value is -3.30. The van der Waals surface area contributed by atoms with Gasteiger partial charge in [-0.3, -0.25) is 9.69 Å². The molecule has 7 nitrogen and oxygen atoms in total. The number of likely N-dealkylation sites (N-methyl/N-ethyl adjacent to an activating group) is 1. The van der Waals surface area contributed by atoms with Crippen LogP contribution in [0.4, 0.5) is 5.69 Å². The van der Waals surface area contributed by atoms with Crippen LogP contribution in [0.2, 0.25) is 0 Å². The third-order valence-corrected chi connectivity index (χ3v) is 6.60. The largest absolute Gasteiger partial charge is 0.489 e. The second kappa shape index (κ2) is 10.8. The van der Waals surface area contributed by atoms with E-state index in [-0.39, 0.29) is 5.91 Å². The van der Waals surface area contributed by atoms with E-state index < -0.39 is 6.04 Å². The normalized spacial score (nSPS) is 15.8. The van der Waals surface area contributed by atoms with Crippen molar-refractivity contribution < 1.29 is 9.53 Å². The lowest BCUT2D eigenvalue weighted by molar-refractivity contribution is -0.127. The number of hydrogen-bond acceptors (Lipinski definition) is 6. The number of carbonyl (C=O) groups is 1. The number of amides is 1. The minimum Gasteiger partial charge on any atom is -0.489 e. The molecule has 1 aliphatic rings. The van der Waals surface area contributed by atoms with E-state index >= 15 is 0 Å². The molecule has 1 unspecified atom stereocenters. The van der Waals surface area contributed by atoms with Crippen LogP contribution in [0.15, 0.2) is 71.2 Å². The summed E-state index contributed by atoms with van der Waals surface area (Å²) in [7, 11) is 0. The van der Waals surface area contributed by atoms with Crippen LogP contribution < -0.4 is 15.0 Å². The fraction of sp³-hybridized carbons (Fsp3) is 0.280. The van der Waals surface area contributed by atoms with Crippen molar-refractivity contribution >= 4 is 40.5 Å². The van der Waals surface area contributed by atoms with Gasteiger partial charge < -0.3 is 15.0 Å². The standard InChI is InChI=1S/C25H27N5O2S2/c1-4-29(5-2)24(31)22-17(3)30(25(33)26-23(22)21-16-34-28-27-21)19-11-13-20(14-12-19)32-15-18-9-7-6-8-10-18/h6-14,16,23H,4-5,15H2,1-3H3,(H,26,33). The number of aromatic nitrogens is 2. The summed E-state index contributed by atoms with van der Waals surface area (Å²) in [5.41, 5.74) is 4.04. The lowest BCUT2D eigenvalue weighted by Crippen LogP contribution is -2.50. The van der Waals surface area contributed by atoms with Gasteiger partial charge in [-0.25, -0.2) is 0 Å². The van der Waals surface area contributed by atoms with E-state index in [1.54, 1.807) is 4.90 Å². The lowest BCUT2D eigenvalue weighted by Gasteiger charge is -2.38. The molecular formula is C25H27N5O2S2. The number of benzene rings is 2. The van der Waals surface area contributed by atoms with Gasteiger partial charge in [0.25, 0.3) is 5.91 Å². The van der Waals surface area contributed by atoms with Crippen LogP contribution >= 0.6 is 23.8 Å². The second-order valence-electron chi connectivity index (χ2n) is 7.79. The molecule has 2 aromatic carbocycles. The van der Waals surface area contributed by atoms with E-state index in [0.29, 0.717) is 36.1 Å². The summed E-state index contributed by atoms with van der Waals surface area (Å²) in [6, 6.07) is 17.3. The second-order valence-corrected chi connectivity index (χ2v) is 8.79. The fourth-order valence-electron chi connectivity index (χ4n) is 3.96. The van der Waals surface area contributed by atoms with Gasteiger partial charge in [0, 0.05) is 29.9 Å². The molecule has 1 atom stereocenters. The summed E-state index contributed by atoms with van der Waals surface area (Å²) in [6.45, 7) is 7.61. The zero-order valence-electron chi connectivity index (χ0n) is 19.4. The highest BCUT2D eigenvalue weighted by Gasteiger charge is 2.37. The summed E-state index contributed by atoms with van der Waals surface area (Å²) >= 11 is 6.98. The van der Waals surface area contributed by atoms with Gasteiger partial charge in [-0.1, -0.05) is 34.8 Å². The monoisotopic (exact) mass is 493 g/mol. The van der Waals surface area contributed by atoms with Gasteiger partial charge in [-0.15, -0.1) is 5.10 Å². The third-order valence-electron chi connectivity index (χ3n) is 5.78. The van der Waals surface area contributed by atoms with Crippen molar-refractivity contribution in [3.8, 4) is 5.75 Å². The Kier molecular flexibility index (Phi) is 7.54. The highest BCUT2D eigenvalue weighted by molar-refractivity contribution is 7.80. The molecule has 2 heterocycles. The third kappa shape index (κ3) is 4.95. The van der Waals surface area contributed by atoms with Gasteiger partial charge in [0.15, 0.2) is 5.11 Å². The topological polar surface area (TPSA) is 70.6 Å². The number of carbonyl (C=O) groups excluding carboxylic acids is 1. The van der Waals surface area contributed by atoms with Crippen LogP contribution in [0.3, 0.4) is 0 Å². The SMILES string of the molecule is CCN(CC)C(=O)C1=C(C)N(c2ccc(OCc3ccccc3)cc2)C(=S)NC1c1csnn1. The molecule has 0 spiro atoms. The van der Waals surface area contributed by atoms with E-state index in [0.717, 1.165) is 22.7 Å². The van der Waals surface area contributed by atoms with E-state index in [2.05, 4.69) is 14.9 Å². The molecule has 0 bridgehead atoms. The number of nitrogens with one attached hydrogen (secondary N) is 1. The van der Waals surface area contributed by atoms with Gasteiger partial charge in [0.05, 0.1) is 5.57 Å². The van der Waals surface area contributed by atoms with Crippen molar-refractivity contribution in [3.63, 3.8) is 0 Å². The van der Waals surface area contributed by atoms with Crippen LogP contribution in [0.1, 0.15) is 38.1 Å². The van der Waals surface area contributed by atoms with Crippen molar-refractivity contribution in [1.29, 1.82) is 0 Å². The van der Waals surface area contributed by atoms with Gasteiger partial charge in [0.1, 0.15) is 24.1 Å². The van der Waals surface area contributed by atoms with Gasteiger partial charge in [-0.2, -0.15) is 0 Å². The molecule has 176 valence electrons. The highest BCUT2D eigenvalue weighted by atomic mass is 32.1. The summed E-state index contributed by atoms with van der Waals surface area (Å²) < 4.78 is 9.91. The van der Waals surface area contributed by atoms with E-state index in [1.807, 2.05) is 85.6 Å². The van der Waals surface area contributed by atoms with Crippen LogP contribution in [0, 0.1) is 0 Å². The van der Waals surface area contributed by atoms with Crippen LogP contribution in [0.5, 0.6) is 5.75 Å². The molecule has 0 radical (unpaired) electrons. The summed E-state index contributed by atoms with van der Waals surface area (Å²) in [6.07, 6.45) is 0. The Labute approximate surface area is 209 Å². The van der Waals surface area contributed by atoms with Gasteiger partial charge in [-0.05, 0) is 74.4 Å². The Balaban J connectivity index is 1.64. The molecule has 3 aromatic rings. The van der Waals surface area contributed by atoms with Crippen LogP contribution in [0.25, 0.3) is 0 Å². The first-order valence-corrected chi connectivity index (χ1v) is 12.4. The lowest BCUT2D eigenvalue weighted by atomic mass is 9.98. The maximum absolute atomic E-state index is 13.5. The van der Waals surface area contributed by atoms with Crippen LogP contribution in [-0.4, -0.2) is 38.6 Å². The van der Waals surface area contributed by atoms with E-state index in [4.69, 9.17) is 17.0 Å². The minimum atomic E-state index is -0.441. The highest BCUT2D eigenvalue weighted by Crippen LogP contribution is 2.34. The number of rotatable bonds is 8. The zero-order chi connectivity index (χ0) is 24.1. The average molecular weight is 494 g/mol. The predicted octanol–water partition coefficient (Wildman–Crippen LogP) is 4.70. The summed E-state index contributed by atoms with van der Waals surface area (Å²) in [5.74, 6) is 0.722. The first kappa shape index (κ1) is 23.8. The maximum Gasteiger partial charge on any atom is 0.254 e. The maximum atomic E-state index is 13.5. The van der Waals surface area contributed by atoms with Crippen molar-refractivity contribution in [2.24, 2.45) is 0 Å². The number of allylic oxidation sites excluding steroid dienone is 1. The van der Waals surface area contributed by atoms with Crippen molar-refractivity contribution in [3.05, 3.63) is 82.5 Å². The van der Waals surface area contributed by atoms with E-state index in [1.165, 1.54) is 11.5 Å². The van der Waals surface area contributed by atoms with Crippen molar-refractivity contribution in [2.75, 3.05) is 18.0 Å². The van der Waals surface area contributed by atoms with Gasteiger partial charge in [0.2, 0.25) is 0 Å². The number of nitrogens with zero attached hydrogens (tertiary/aromatic N) is 4. The molecule has 1 aliphatic heterocycles. The molecule has 1 N–H and O–H groups in total. The molecule has 0 saturated heterocycles. The van der Waals surface area contributed by atoms with E-state index in [9.17, 15) is 4.79 Å². The minimum absolute atomic E-state index is 0.0386. The summed E-state index contributed by atoms with van der Waals surface area (Å²) in [4.78, 5) is 17.2.